The minimum Gasteiger partial charge on any atom is -0.397 e. The number of halogens is 2. The molecule has 20 heavy (non-hydrogen) atoms. The van der Waals surface area contributed by atoms with E-state index >= 15 is 0 Å². The molecular formula is C13H12F2N4O. The fourth-order valence-corrected chi connectivity index (χ4v) is 1.65. The molecule has 0 radical (unpaired) electrons. The molecule has 0 saturated carbocycles. The minimum absolute atomic E-state index is 0.0614. The third kappa shape index (κ3) is 2.56. The van der Waals surface area contributed by atoms with Gasteiger partial charge in [-0.05, 0) is 32.0 Å². The van der Waals surface area contributed by atoms with Crippen molar-refractivity contribution in [3.05, 3.63) is 46.8 Å². The molecular weight excluding hydrogens is 266 g/mol. The first-order valence-electron chi connectivity index (χ1n) is 5.76. The summed E-state index contributed by atoms with van der Waals surface area (Å²) >= 11 is 0. The number of anilines is 2. The predicted octanol–water partition coefficient (Wildman–Crippen LogP) is 2.21. The van der Waals surface area contributed by atoms with Crippen LogP contribution in [0.1, 0.15) is 21.7 Å². The maximum atomic E-state index is 13.6. The molecule has 2 rings (SSSR count). The highest BCUT2D eigenvalue weighted by Crippen LogP contribution is 2.25. The number of carbonyl (C=O) groups is 1. The molecule has 1 aromatic heterocycles. The summed E-state index contributed by atoms with van der Waals surface area (Å²) in [4.78, 5) is 12.1. The van der Waals surface area contributed by atoms with E-state index in [1.54, 1.807) is 13.8 Å². The Hall–Kier alpha value is -2.57. The van der Waals surface area contributed by atoms with Crippen molar-refractivity contribution in [2.24, 2.45) is 0 Å². The van der Waals surface area contributed by atoms with E-state index in [0.29, 0.717) is 11.4 Å². The Labute approximate surface area is 113 Å². The quantitative estimate of drug-likeness (QED) is 0.825. The van der Waals surface area contributed by atoms with Crippen LogP contribution in [0.4, 0.5) is 20.2 Å². The average molecular weight is 278 g/mol. The summed E-state index contributed by atoms with van der Waals surface area (Å²) in [6, 6.07) is 3.58. The lowest BCUT2D eigenvalue weighted by molar-refractivity contribution is 0.102. The number of aryl methyl sites for hydroxylation is 2. The lowest BCUT2D eigenvalue weighted by Gasteiger charge is -2.11. The number of nitrogens with zero attached hydrogens (tertiary/aromatic N) is 2. The topological polar surface area (TPSA) is 80.9 Å². The first-order chi connectivity index (χ1) is 9.40. The van der Waals surface area contributed by atoms with Gasteiger partial charge in [-0.1, -0.05) is 0 Å². The maximum absolute atomic E-state index is 13.6. The molecule has 3 N–H and O–H groups in total. The number of hydrogen-bond donors (Lipinski definition) is 2. The summed E-state index contributed by atoms with van der Waals surface area (Å²) < 4.78 is 26.8. The number of nitrogens with one attached hydrogen (secondary N) is 1. The largest absolute Gasteiger partial charge is 0.397 e. The van der Waals surface area contributed by atoms with Crippen LogP contribution in [0.3, 0.4) is 0 Å². The molecule has 104 valence electrons. The van der Waals surface area contributed by atoms with Gasteiger partial charge >= 0.3 is 0 Å². The Morgan fingerprint density at radius 1 is 1.25 bits per heavy atom. The molecule has 1 amide bonds. The maximum Gasteiger partial charge on any atom is 0.257 e. The molecule has 0 aliphatic heterocycles. The number of benzene rings is 1. The van der Waals surface area contributed by atoms with E-state index in [9.17, 15) is 13.6 Å². The normalized spacial score (nSPS) is 10.4. The van der Waals surface area contributed by atoms with E-state index in [1.807, 2.05) is 0 Å². The van der Waals surface area contributed by atoms with Crippen LogP contribution in [-0.2, 0) is 0 Å². The summed E-state index contributed by atoms with van der Waals surface area (Å²) in [5, 5.41) is 9.84. The van der Waals surface area contributed by atoms with Crippen LogP contribution >= 0.6 is 0 Å². The Balaban J connectivity index is 2.38. The van der Waals surface area contributed by atoms with E-state index in [4.69, 9.17) is 5.73 Å². The number of nitrogens with two attached hydrogens (primary N) is 1. The van der Waals surface area contributed by atoms with Crippen LogP contribution in [-0.4, -0.2) is 16.1 Å². The molecule has 0 fully saturated rings. The van der Waals surface area contributed by atoms with Crippen molar-refractivity contribution < 1.29 is 13.6 Å². The van der Waals surface area contributed by atoms with Gasteiger partial charge in [-0.25, -0.2) is 8.78 Å². The summed E-state index contributed by atoms with van der Waals surface area (Å²) in [6.45, 7) is 3.26. The van der Waals surface area contributed by atoms with Crippen molar-refractivity contribution in [1.82, 2.24) is 10.2 Å². The molecule has 0 atom stereocenters. The van der Waals surface area contributed by atoms with Crippen molar-refractivity contribution in [1.29, 1.82) is 0 Å². The third-order valence-corrected chi connectivity index (χ3v) is 2.71. The zero-order valence-corrected chi connectivity index (χ0v) is 10.9. The molecule has 0 saturated heterocycles. The van der Waals surface area contributed by atoms with Gasteiger partial charge in [0.15, 0.2) is 11.6 Å². The molecule has 5 nitrogen and oxygen atoms in total. The Morgan fingerprint density at radius 2 is 1.95 bits per heavy atom. The fraction of sp³-hybridized carbons (Fsp3) is 0.154. The fourth-order valence-electron chi connectivity index (χ4n) is 1.65. The molecule has 2 aromatic rings. The SMILES string of the molecule is Cc1cc(C(=O)Nc2c(N)ccc(F)c2F)c(C)nn1. The molecule has 7 heteroatoms. The standard InChI is InChI=1S/C13H12F2N4O/c1-6-5-8(7(2)19-18-6)13(20)17-12-10(16)4-3-9(14)11(12)15/h3-5H,16H2,1-2H3,(H,17,20). The summed E-state index contributed by atoms with van der Waals surface area (Å²) in [5.41, 5.74) is 6.23. The van der Waals surface area contributed by atoms with Crippen molar-refractivity contribution >= 4 is 17.3 Å². The Bertz CT molecular complexity index is 688. The Kier molecular flexibility index (Phi) is 3.60. The number of nitrogen functional groups attached to an aromatic ring is 1. The van der Waals surface area contributed by atoms with Gasteiger partial charge in [0.2, 0.25) is 0 Å². The van der Waals surface area contributed by atoms with Crippen LogP contribution in [0.25, 0.3) is 0 Å². The zero-order valence-electron chi connectivity index (χ0n) is 10.9. The lowest BCUT2D eigenvalue weighted by atomic mass is 10.1. The smallest absolute Gasteiger partial charge is 0.257 e. The predicted molar refractivity (Wildman–Crippen MR) is 70.2 cm³/mol. The van der Waals surface area contributed by atoms with Gasteiger partial charge in [0, 0.05) is 0 Å². The van der Waals surface area contributed by atoms with Crippen LogP contribution in [0.5, 0.6) is 0 Å². The monoisotopic (exact) mass is 278 g/mol. The van der Waals surface area contributed by atoms with Gasteiger partial charge in [0.05, 0.1) is 22.6 Å². The highest BCUT2D eigenvalue weighted by molar-refractivity contribution is 6.06. The molecule has 0 spiro atoms. The average Bonchev–Trinajstić information content (AvgIpc) is 2.41. The van der Waals surface area contributed by atoms with Crippen molar-refractivity contribution in [2.45, 2.75) is 13.8 Å². The van der Waals surface area contributed by atoms with Crippen LogP contribution < -0.4 is 11.1 Å². The third-order valence-electron chi connectivity index (χ3n) is 2.71. The second kappa shape index (κ2) is 5.20. The van der Waals surface area contributed by atoms with Crippen molar-refractivity contribution in [2.75, 3.05) is 11.1 Å². The van der Waals surface area contributed by atoms with E-state index in [-0.39, 0.29) is 16.9 Å². The number of rotatable bonds is 2. The zero-order chi connectivity index (χ0) is 14.9. The van der Waals surface area contributed by atoms with Gasteiger partial charge in [-0.3, -0.25) is 4.79 Å². The van der Waals surface area contributed by atoms with Gasteiger partial charge in [-0.15, -0.1) is 0 Å². The molecule has 0 aliphatic rings. The van der Waals surface area contributed by atoms with E-state index in [2.05, 4.69) is 15.5 Å². The van der Waals surface area contributed by atoms with Crippen LogP contribution in [0.15, 0.2) is 18.2 Å². The molecule has 0 unspecified atom stereocenters. The van der Waals surface area contributed by atoms with Gasteiger partial charge in [-0.2, -0.15) is 10.2 Å². The van der Waals surface area contributed by atoms with E-state index in [0.717, 1.165) is 6.07 Å². The minimum atomic E-state index is -1.20. The van der Waals surface area contributed by atoms with Crippen molar-refractivity contribution in [3.63, 3.8) is 0 Å². The van der Waals surface area contributed by atoms with Gasteiger partial charge in [0.25, 0.3) is 5.91 Å². The van der Waals surface area contributed by atoms with Crippen molar-refractivity contribution in [3.8, 4) is 0 Å². The molecule has 1 aromatic carbocycles. The van der Waals surface area contributed by atoms with Crippen LogP contribution in [0.2, 0.25) is 0 Å². The first-order valence-corrected chi connectivity index (χ1v) is 5.76. The van der Waals surface area contributed by atoms with Gasteiger partial charge in [0.1, 0.15) is 5.69 Å². The molecule has 0 aliphatic carbocycles. The van der Waals surface area contributed by atoms with E-state index in [1.165, 1.54) is 12.1 Å². The number of amides is 1. The molecule has 1 heterocycles. The Morgan fingerprint density at radius 3 is 2.65 bits per heavy atom. The first kappa shape index (κ1) is 13.9. The number of carbonyl (C=O) groups excluding carboxylic acids is 1. The van der Waals surface area contributed by atoms with E-state index < -0.39 is 17.5 Å². The second-order valence-corrected chi connectivity index (χ2v) is 4.26. The summed E-state index contributed by atoms with van der Waals surface area (Å²) in [5.74, 6) is -2.92. The highest BCUT2D eigenvalue weighted by atomic mass is 19.2. The summed E-state index contributed by atoms with van der Waals surface area (Å²) in [6.07, 6.45) is 0. The number of hydrogen-bond acceptors (Lipinski definition) is 4. The number of aromatic nitrogens is 2. The van der Waals surface area contributed by atoms with Crippen LogP contribution in [0, 0.1) is 25.5 Å². The molecule has 0 bridgehead atoms. The van der Waals surface area contributed by atoms with Gasteiger partial charge < -0.3 is 11.1 Å². The second-order valence-electron chi connectivity index (χ2n) is 4.26. The lowest BCUT2D eigenvalue weighted by Crippen LogP contribution is -2.17. The summed E-state index contributed by atoms with van der Waals surface area (Å²) in [7, 11) is 0. The highest BCUT2D eigenvalue weighted by Gasteiger charge is 2.17.